The van der Waals surface area contributed by atoms with Gasteiger partial charge < -0.3 is 4.52 Å². The summed E-state index contributed by atoms with van der Waals surface area (Å²) in [5.74, 6) is 2.66. The molecule has 3 aromatic rings. The molecule has 0 radical (unpaired) electrons. The molecule has 0 N–H and O–H groups in total. The van der Waals surface area contributed by atoms with Crippen molar-refractivity contribution >= 4 is 10.9 Å². The van der Waals surface area contributed by atoms with E-state index in [2.05, 4.69) is 45.4 Å². The van der Waals surface area contributed by atoms with Crippen LogP contribution in [-0.2, 0) is 6.54 Å². The van der Waals surface area contributed by atoms with Crippen molar-refractivity contribution in [2.75, 3.05) is 13.1 Å². The first-order valence-corrected chi connectivity index (χ1v) is 9.26. The van der Waals surface area contributed by atoms with Crippen molar-refractivity contribution in [1.82, 2.24) is 20.0 Å². The van der Waals surface area contributed by atoms with Crippen LogP contribution in [0.25, 0.3) is 10.9 Å². The quantitative estimate of drug-likeness (QED) is 0.725. The second kappa shape index (κ2) is 6.23. The molecule has 1 atom stereocenters. The Kier molecular flexibility index (Phi) is 3.74. The predicted octanol–water partition coefficient (Wildman–Crippen LogP) is 3.87. The van der Waals surface area contributed by atoms with Crippen LogP contribution in [-0.4, -0.2) is 33.1 Å². The molecule has 1 saturated carbocycles. The highest BCUT2D eigenvalue weighted by Gasteiger charge is 2.32. The van der Waals surface area contributed by atoms with E-state index in [-0.39, 0.29) is 0 Å². The second-order valence-electron chi connectivity index (χ2n) is 7.33. The smallest absolute Gasteiger partial charge is 0.229 e. The zero-order valence-electron chi connectivity index (χ0n) is 14.3. The Morgan fingerprint density at radius 3 is 2.84 bits per heavy atom. The highest BCUT2D eigenvalue weighted by Crippen LogP contribution is 2.39. The molecular formula is C20H22N4O. The van der Waals surface area contributed by atoms with Crippen molar-refractivity contribution in [2.24, 2.45) is 0 Å². The molecule has 0 bridgehead atoms. The first kappa shape index (κ1) is 15.0. The number of piperidine rings is 1. The molecule has 1 aliphatic carbocycles. The maximum absolute atomic E-state index is 5.45. The van der Waals surface area contributed by atoms with Crippen LogP contribution in [0.15, 0.2) is 40.9 Å². The van der Waals surface area contributed by atoms with Gasteiger partial charge in [-0.2, -0.15) is 4.98 Å². The summed E-state index contributed by atoms with van der Waals surface area (Å²) >= 11 is 0. The molecule has 128 valence electrons. The number of likely N-dealkylation sites (tertiary alicyclic amines) is 1. The maximum atomic E-state index is 5.45. The average molecular weight is 334 g/mol. The predicted molar refractivity (Wildman–Crippen MR) is 95.3 cm³/mol. The van der Waals surface area contributed by atoms with E-state index < -0.39 is 0 Å². The average Bonchev–Trinajstić information content (AvgIpc) is 3.39. The summed E-state index contributed by atoms with van der Waals surface area (Å²) in [4.78, 5) is 11.9. The lowest BCUT2D eigenvalue weighted by Gasteiger charge is -2.30. The zero-order chi connectivity index (χ0) is 16.6. The van der Waals surface area contributed by atoms with Crippen molar-refractivity contribution in [3.05, 3.63) is 53.8 Å². The Morgan fingerprint density at radius 1 is 1.00 bits per heavy atom. The van der Waals surface area contributed by atoms with Crippen LogP contribution >= 0.6 is 0 Å². The Bertz CT molecular complexity index is 886. The normalized spacial score (nSPS) is 21.7. The maximum Gasteiger partial charge on any atom is 0.229 e. The van der Waals surface area contributed by atoms with Crippen LogP contribution in [0.5, 0.6) is 0 Å². The minimum Gasteiger partial charge on any atom is -0.339 e. The molecule has 2 aromatic heterocycles. The van der Waals surface area contributed by atoms with Gasteiger partial charge in [-0.3, -0.25) is 9.88 Å². The van der Waals surface area contributed by atoms with Gasteiger partial charge in [-0.15, -0.1) is 0 Å². The molecule has 3 heterocycles. The fourth-order valence-electron chi connectivity index (χ4n) is 3.74. The number of fused-ring (bicyclic) bond motifs is 1. The van der Waals surface area contributed by atoms with E-state index in [1.54, 1.807) is 0 Å². The first-order valence-electron chi connectivity index (χ1n) is 9.26. The summed E-state index contributed by atoms with van der Waals surface area (Å²) in [6, 6.07) is 12.6. The van der Waals surface area contributed by atoms with Crippen molar-refractivity contribution in [2.45, 2.75) is 44.1 Å². The summed E-state index contributed by atoms with van der Waals surface area (Å²) in [6.07, 6.45) is 4.72. The topological polar surface area (TPSA) is 55.1 Å². The van der Waals surface area contributed by atoms with Gasteiger partial charge >= 0.3 is 0 Å². The number of aromatic nitrogens is 3. The van der Waals surface area contributed by atoms with Crippen LogP contribution in [0.3, 0.4) is 0 Å². The number of benzene rings is 1. The van der Waals surface area contributed by atoms with Gasteiger partial charge in [-0.05, 0) is 44.4 Å². The third-order valence-electron chi connectivity index (χ3n) is 5.30. The third-order valence-corrected chi connectivity index (χ3v) is 5.30. The lowest BCUT2D eigenvalue weighted by atomic mass is 9.97. The molecule has 2 fully saturated rings. The molecule has 1 aliphatic heterocycles. The monoisotopic (exact) mass is 334 g/mol. The SMILES string of the molecule is c1ccc2nc(CN3CCC[C@@H](c4noc(C5CC5)n4)C3)ccc2c1. The van der Waals surface area contributed by atoms with Crippen LogP contribution in [0.1, 0.15) is 54.9 Å². The number of para-hydroxylation sites is 1. The van der Waals surface area contributed by atoms with Crippen molar-refractivity contribution in [1.29, 1.82) is 0 Å². The molecule has 0 amide bonds. The molecule has 0 unspecified atom stereocenters. The Balaban J connectivity index is 1.29. The summed E-state index contributed by atoms with van der Waals surface area (Å²) < 4.78 is 5.45. The standard InChI is InChI=1S/C20H22N4O/c1-2-6-18-14(4-1)9-10-17(21-18)13-24-11-3-5-16(12-24)19-22-20(25-23-19)15-7-8-15/h1-2,4,6,9-10,15-16H,3,5,7-8,11-13H2/t16-/m1/s1. The van der Waals surface area contributed by atoms with Gasteiger partial charge in [0.25, 0.3) is 0 Å². The highest BCUT2D eigenvalue weighted by molar-refractivity contribution is 5.78. The van der Waals surface area contributed by atoms with Gasteiger partial charge in [0.15, 0.2) is 5.82 Å². The summed E-state index contributed by atoms with van der Waals surface area (Å²) in [5, 5.41) is 5.45. The number of nitrogens with zero attached hydrogens (tertiary/aromatic N) is 4. The number of pyridine rings is 1. The molecule has 1 aromatic carbocycles. The number of rotatable bonds is 4. The van der Waals surface area contributed by atoms with E-state index >= 15 is 0 Å². The van der Waals surface area contributed by atoms with Crippen LogP contribution in [0, 0.1) is 0 Å². The zero-order valence-corrected chi connectivity index (χ0v) is 14.3. The van der Waals surface area contributed by atoms with Gasteiger partial charge in [0.05, 0.1) is 11.2 Å². The Labute approximate surface area is 147 Å². The lowest BCUT2D eigenvalue weighted by molar-refractivity contribution is 0.193. The van der Waals surface area contributed by atoms with Gasteiger partial charge in [-0.25, -0.2) is 0 Å². The molecule has 1 saturated heterocycles. The molecule has 5 heteroatoms. The van der Waals surface area contributed by atoms with E-state index in [4.69, 9.17) is 9.51 Å². The van der Waals surface area contributed by atoms with E-state index in [0.717, 1.165) is 49.0 Å². The molecule has 5 nitrogen and oxygen atoms in total. The van der Waals surface area contributed by atoms with E-state index in [1.165, 1.54) is 24.6 Å². The van der Waals surface area contributed by atoms with E-state index in [9.17, 15) is 0 Å². The minimum atomic E-state index is 0.380. The first-order chi connectivity index (χ1) is 12.3. The summed E-state index contributed by atoms with van der Waals surface area (Å²) in [5.41, 5.74) is 2.20. The molecule has 5 rings (SSSR count). The van der Waals surface area contributed by atoms with Crippen LogP contribution in [0.4, 0.5) is 0 Å². The van der Waals surface area contributed by atoms with E-state index in [0.29, 0.717) is 11.8 Å². The minimum absolute atomic E-state index is 0.380. The molecule has 2 aliphatic rings. The summed E-state index contributed by atoms with van der Waals surface area (Å²) in [7, 11) is 0. The van der Waals surface area contributed by atoms with Gasteiger partial charge in [0, 0.05) is 30.3 Å². The van der Waals surface area contributed by atoms with Gasteiger partial charge in [0.2, 0.25) is 5.89 Å². The Hall–Kier alpha value is -2.27. The van der Waals surface area contributed by atoms with Gasteiger partial charge in [0.1, 0.15) is 0 Å². The highest BCUT2D eigenvalue weighted by atomic mass is 16.5. The Morgan fingerprint density at radius 2 is 1.92 bits per heavy atom. The van der Waals surface area contributed by atoms with Crippen molar-refractivity contribution < 1.29 is 4.52 Å². The molecular weight excluding hydrogens is 312 g/mol. The van der Waals surface area contributed by atoms with Crippen LogP contribution in [0.2, 0.25) is 0 Å². The molecule has 25 heavy (non-hydrogen) atoms. The van der Waals surface area contributed by atoms with Crippen molar-refractivity contribution in [3.8, 4) is 0 Å². The fraction of sp³-hybridized carbons (Fsp3) is 0.450. The van der Waals surface area contributed by atoms with Gasteiger partial charge in [-0.1, -0.05) is 29.4 Å². The fourth-order valence-corrected chi connectivity index (χ4v) is 3.74. The third kappa shape index (κ3) is 3.16. The van der Waals surface area contributed by atoms with Crippen molar-refractivity contribution in [3.63, 3.8) is 0 Å². The second-order valence-corrected chi connectivity index (χ2v) is 7.33. The van der Waals surface area contributed by atoms with Crippen LogP contribution < -0.4 is 0 Å². The number of hydrogen-bond acceptors (Lipinski definition) is 5. The lowest BCUT2D eigenvalue weighted by Crippen LogP contribution is -2.34. The molecule has 0 spiro atoms. The largest absolute Gasteiger partial charge is 0.339 e. The summed E-state index contributed by atoms with van der Waals surface area (Å²) in [6.45, 7) is 2.98. The van der Waals surface area contributed by atoms with E-state index in [1.807, 2.05) is 6.07 Å². The number of hydrogen-bond donors (Lipinski definition) is 0.